The predicted octanol–water partition coefficient (Wildman–Crippen LogP) is -0.0988. The van der Waals surface area contributed by atoms with Crippen LogP contribution in [0.1, 0.15) is 0 Å². The summed E-state index contributed by atoms with van der Waals surface area (Å²) in [7, 11) is 2.00. The maximum atomic E-state index is 5.62. The van der Waals surface area contributed by atoms with E-state index in [9.17, 15) is 0 Å². The van der Waals surface area contributed by atoms with Gasteiger partial charge in [-0.05, 0) is 0 Å². The van der Waals surface area contributed by atoms with Gasteiger partial charge in [0.1, 0.15) is 5.82 Å². The molecule has 0 amide bonds. The van der Waals surface area contributed by atoms with Crippen molar-refractivity contribution in [3.05, 3.63) is 18.6 Å². The maximum absolute atomic E-state index is 5.62. The van der Waals surface area contributed by atoms with E-state index in [0.717, 1.165) is 32.1 Å². The lowest BCUT2D eigenvalue weighted by atomic mass is 10.3. The molecule has 2 rings (SSSR count). The molecule has 1 aliphatic rings. The first-order valence-corrected chi connectivity index (χ1v) is 5.16. The van der Waals surface area contributed by atoms with E-state index >= 15 is 0 Å². The Morgan fingerprint density at radius 2 is 2.53 bits per heavy atom. The quantitative estimate of drug-likeness (QED) is 0.752. The highest BCUT2D eigenvalue weighted by Gasteiger charge is 2.15. The number of anilines is 1. The molecule has 5 nitrogen and oxygen atoms in total. The lowest BCUT2D eigenvalue weighted by Crippen LogP contribution is -2.44. The summed E-state index contributed by atoms with van der Waals surface area (Å²) < 4.78 is 5.62. The largest absolute Gasteiger partial charge is 0.374 e. The Balaban J connectivity index is 1.88. The minimum absolute atomic E-state index is 0.241. The standard InChI is InChI=1S/C10H16N4O/c1-14(10-7-11-2-3-13-10)8-9-6-12-4-5-15-9/h2-3,7,9,12H,4-6,8H2,1H3. The molecule has 0 bridgehead atoms. The van der Waals surface area contributed by atoms with Crippen molar-refractivity contribution < 1.29 is 4.74 Å². The van der Waals surface area contributed by atoms with E-state index in [1.807, 2.05) is 7.05 Å². The van der Waals surface area contributed by atoms with E-state index in [4.69, 9.17) is 4.74 Å². The fraction of sp³-hybridized carbons (Fsp3) is 0.600. The molecule has 0 spiro atoms. The van der Waals surface area contributed by atoms with Gasteiger partial charge in [0.2, 0.25) is 0 Å². The Morgan fingerprint density at radius 1 is 1.60 bits per heavy atom. The van der Waals surface area contributed by atoms with E-state index in [0.29, 0.717) is 0 Å². The van der Waals surface area contributed by atoms with Crippen LogP contribution >= 0.6 is 0 Å². The highest BCUT2D eigenvalue weighted by Crippen LogP contribution is 2.07. The van der Waals surface area contributed by atoms with Crippen LogP contribution < -0.4 is 10.2 Å². The summed E-state index contributed by atoms with van der Waals surface area (Å²) in [5.41, 5.74) is 0. The molecule has 5 heteroatoms. The summed E-state index contributed by atoms with van der Waals surface area (Å²) in [5, 5.41) is 3.30. The molecule has 2 heterocycles. The first-order valence-electron chi connectivity index (χ1n) is 5.16. The summed E-state index contributed by atoms with van der Waals surface area (Å²) >= 11 is 0. The van der Waals surface area contributed by atoms with Crippen LogP contribution in [-0.2, 0) is 4.74 Å². The minimum atomic E-state index is 0.241. The summed E-state index contributed by atoms with van der Waals surface area (Å²) in [6.45, 7) is 3.49. The molecule has 1 atom stereocenters. The summed E-state index contributed by atoms with van der Waals surface area (Å²) in [6.07, 6.45) is 5.38. The third-order valence-corrected chi connectivity index (χ3v) is 2.42. The van der Waals surface area contributed by atoms with Gasteiger partial charge in [-0.25, -0.2) is 4.98 Å². The molecule has 1 aromatic heterocycles. The second-order valence-electron chi connectivity index (χ2n) is 3.64. The monoisotopic (exact) mass is 208 g/mol. The molecule has 1 aromatic rings. The molecule has 1 aliphatic heterocycles. The van der Waals surface area contributed by atoms with Gasteiger partial charge >= 0.3 is 0 Å². The van der Waals surface area contributed by atoms with E-state index in [2.05, 4.69) is 20.2 Å². The fourth-order valence-corrected chi connectivity index (χ4v) is 1.62. The van der Waals surface area contributed by atoms with Crippen LogP contribution in [0.15, 0.2) is 18.6 Å². The van der Waals surface area contributed by atoms with Crippen molar-refractivity contribution in [1.82, 2.24) is 15.3 Å². The molecule has 1 N–H and O–H groups in total. The predicted molar refractivity (Wildman–Crippen MR) is 57.9 cm³/mol. The van der Waals surface area contributed by atoms with Crippen LogP contribution in [0.4, 0.5) is 5.82 Å². The third-order valence-electron chi connectivity index (χ3n) is 2.42. The zero-order chi connectivity index (χ0) is 10.5. The second kappa shape index (κ2) is 5.04. The van der Waals surface area contributed by atoms with Crippen LogP contribution in [0.25, 0.3) is 0 Å². The first kappa shape index (κ1) is 10.3. The summed E-state index contributed by atoms with van der Waals surface area (Å²) in [6, 6.07) is 0. The van der Waals surface area contributed by atoms with Gasteiger partial charge in [-0.15, -0.1) is 0 Å². The van der Waals surface area contributed by atoms with Crippen molar-refractivity contribution in [2.24, 2.45) is 0 Å². The second-order valence-corrected chi connectivity index (χ2v) is 3.64. The number of morpholine rings is 1. The lowest BCUT2D eigenvalue weighted by molar-refractivity contribution is 0.0339. The number of nitrogens with zero attached hydrogens (tertiary/aromatic N) is 3. The fourth-order valence-electron chi connectivity index (χ4n) is 1.62. The number of aromatic nitrogens is 2. The van der Waals surface area contributed by atoms with E-state index in [1.54, 1.807) is 18.6 Å². The zero-order valence-electron chi connectivity index (χ0n) is 8.89. The van der Waals surface area contributed by atoms with Crippen LogP contribution in [0.2, 0.25) is 0 Å². The summed E-state index contributed by atoms with van der Waals surface area (Å²) in [4.78, 5) is 10.3. The smallest absolute Gasteiger partial charge is 0.146 e. The van der Waals surface area contributed by atoms with Crippen molar-refractivity contribution >= 4 is 5.82 Å². The molecule has 15 heavy (non-hydrogen) atoms. The zero-order valence-corrected chi connectivity index (χ0v) is 8.89. The lowest BCUT2D eigenvalue weighted by Gasteiger charge is -2.28. The van der Waals surface area contributed by atoms with Crippen molar-refractivity contribution in [2.75, 3.05) is 38.2 Å². The minimum Gasteiger partial charge on any atom is -0.374 e. The molecule has 1 unspecified atom stereocenters. The van der Waals surface area contributed by atoms with Gasteiger partial charge in [-0.1, -0.05) is 0 Å². The maximum Gasteiger partial charge on any atom is 0.146 e. The van der Waals surface area contributed by atoms with Gasteiger partial charge < -0.3 is 15.0 Å². The average molecular weight is 208 g/mol. The number of likely N-dealkylation sites (N-methyl/N-ethyl adjacent to an activating group) is 1. The summed E-state index contributed by atoms with van der Waals surface area (Å²) in [5.74, 6) is 0.881. The number of nitrogens with one attached hydrogen (secondary N) is 1. The van der Waals surface area contributed by atoms with Crippen LogP contribution in [0, 0.1) is 0 Å². The number of ether oxygens (including phenoxy) is 1. The Hall–Kier alpha value is -1.20. The Bertz CT molecular complexity index is 287. The van der Waals surface area contributed by atoms with E-state index in [-0.39, 0.29) is 6.10 Å². The molecule has 82 valence electrons. The SMILES string of the molecule is CN(CC1CNCCO1)c1cnccn1. The highest BCUT2D eigenvalue weighted by atomic mass is 16.5. The van der Waals surface area contributed by atoms with Crippen molar-refractivity contribution in [3.63, 3.8) is 0 Å². The highest BCUT2D eigenvalue weighted by molar-refractivity contribution is 5.33. The van der Waals surface area contributed by atoms with Crippen LogP contribution in [0.3, 0.4) is 0 Å². The molecule has 0 aromatic carbocycles. The van der Waals surface area contributed by atoms with Gasteiger partial charge in [0.15, 0.2) is 0 Å². The van der Waals surface area contributed by atoms with Gasteiger partial charge in [-0.3, -0.25) is 4.98 Å². The Kier molecular flexibility index (Phi) is 3.47. The van der Waals surface area contributed by atoms with Gasteiger partial charge in [0.25, 0.3) is 0 Å². The molecule has 0 saturated carbocycles. The first-order chi connectivity index (χ1) is 7.36. The van der Waals surface area contributed by atoms with E-state index in [1.165, 1.54) is 0 Å². The van der Waals surface area contributed by atoms with Gasteiger partial charge in [0, 0.05) is 39.1 Å². The Labute approximate surface area is 89.5 Å². The number of hydrogen-bond acceptors (Lipinski definition) is 5. The molecular weight excluding hydrogens is 192 g/mol. The van der Waals surface area contributed by atoms with Crippen molar-refractivity contribution in [3.8, 4) is 0 Å². The van der Waals surface area contributed by atoms with Crippen molar-refractivity contribution in [2.45, 2.75) is 6.10 Å². The van der Waals surface area contributed by atoms with Crippen molar-refractivity contribution in [1.29, 1.82) is 0 Å². The molecule has 0 aliphatic carbocycles. The number of rotatable bonds is 3. The van der Waals surface area contributed by atoms with Gasteiger partial charge in [-0.2, -0.15) is 0 Å². The molecule has 0 radical (unpaired) electrons. The topological polar surface area (TPSA) is 50.3 Å². The van der Waals surface area contributed by atoms with Gasteiger partial charge in [0.05, 0.1) is 18.9 Å². The Morgan fingerprint density at radius 3 is 3.20 bits per heavy atom. The third kappa shape index (κ3) is 2.87. The molecule has 1 saturated heterocycles. The van der Waals surface area contributed by atoms with E-state index < -0.39 is 0 Å². The van der Waals surface area contributed by atoms with Crippen LogP contribution in [-0.4, -0.2) is 49.4 Å². The average Bonchev–Trinajstić information content (AvgIpc) is 2.31. The molecule has 1 fully saturated rings. The van der Waals surface area contributed by atoms with Crippen LogP contribution in [0.5, 0.6) is 0 Å². The normalized spacial score (nSPS) is 21.3. The molecular formula is C10H16N4O. The number of hydrogen-bond donors (Lipinski definition) is 1.